The van der Waals surface area contributed by atoms with E-state index < -0.39 is 11.7 Å². The number of amides is 1. The van der Waals surface area contributed by atoms with Gasteiger partial charge >= 0.3 is 6.09 Å². The van der Waals surface area contributed by atoms with Crippen LogP contribution in [-0.2, 0) is 4.74 Å². The minimum absolute atomic E-state index is 0. The molecule has 4 aromatic rings. The van der Waals surface area contributed by atoms with E-state index in [9.17, 15) is 4.79 Å². The molecule has 0 aliphatic heterocycles. The van der Waals surface area contributed by atoms with Crippen LogP contribution in [0.5, 0.6) is 5.88 Å². The Bertz CT molecular complexity index is 1260. The molecule has 0 radical (unpaired) electrons. The average Bonchev–Trinajstić information content (AvgIpc) is 3.38. The molecule has 0 bridgehead atoms. The highest BCUT2D eigenvalue weighted by atomic mass is 35.5. The fourth-order valence-corrected chi connectivity index (χ4v) is 3.17. The Morgan fingerprint density at radius 3 is 2.29 bits per heavy atom. The Hall–Kier alpha value is -3.26. The van der Waals surface area contributed by atoms with Crippen molar-refractivity contribution in [2.75, 3.05) is 13.2 Å². The summed E-state index contributed by atoms with van der Waals surface area (Å²) in [6.45, 7) is 14.2. The predicted molar refractivity (Wildman–Crippen MR) is 134 cm³/mol. The standard InChI is InChI=1S/C16H22N2O4.C9H9NO.ClH/c1-10-6-7-12-13(11(10)2)14(18-22-12)20-9-8-17-15(19)21-16(3,4)5;1-6-3-4-9-8(7(6)2)5-10-11-9;/h6-7H,8-9H2,1-5H3,(H,17,19);3-5H,1-2H3;1H. The number of hydrogen-bond acceptors (Lipinski definition) is 7. The van der Waals surface area contributed by atoms with E-state index in [1.807, 2.05) is 58.9 Å². The van der Waals surface area contributed by atoms with Gasteiger partial charge in [0.05, 0.1) is 18.1 Å². The van der Waals surface area contributed by atoms with Crippen LogP contribution in [0.15, 0.2) is 39.5 Å². The van der Waals surface area contributed by atoms with Crippen LogP contribution < -0.4 is 10.1 Å². The molecule has 1 N–H and O–H groups in total. The minimum atomic E-state index is -0.512. The fraction of sp³-hybridized carbons (Fsp3) is 0.400. The van der Waals surface area contributed by atoms with Gasteiger partial charge in [0.15, 0.2) is 11.2 Å². The molecule has 0 unspecified atom stereocenters. The molecular weight excluding hydrogens is 458 g/mol. The first-order chi connectivity index (χ1) is 15.6. The Morgan fingerprint density at radius 1 is 0.971 bits per heavy atom. The molecule has 2 aromatic carbocycles. The first-order valence-electron chi connectivity index (χ1n) is 10.8. The van der Waals surface area contributed by atoms with Crippen molar-refractivity contribution in [2.45, 2.75) is 54.1 Å². The van der Waals surface area contributed by atoms with Gasteiger partial charge < -0.3 is 23.8 Å². The summed E-state index contributed by atoms with van der Waals surface area (Å²) in [5.74, 6) is 0.446. The molecule has 0 aliphatic rings. The zero-order chi connectivity index (χ0) is 24.2. The topological polar surface area (TPSA) is 99.6 Å². The van der Waals surface area contributed by atoms with Crippen molar-refractivity contribution in [3.05, 3.63) is 52.7 Å². The Kier molecular flexibility index (Phi) is 8.93. The number of halogens is 1. The highest BCUT2D eigenvalue weighted by molar-refractivity contribution is 5.86. The second-order valence-electron chi connectivity index (χ2n) is 8.89. The molecule has 184 valence electrons. The van der Waals surface area contributed by atoms with Crippen LogP contribution in [0.1, 0.15) is 43.0 Å². The summed E-state index contributed by atoms with van der Waals surface area (Å²) in [5.41, 5.74) is 5.80. The van der Waals surface area contributed by atoms with E-state index in [0.29, 0.717) is 18.0 Å². The molecule has 0 fully saturated rings. The molecule has 8 nitrogen and oxygen atoms in total. The maximum atomic E-state index is 11.5. The summed E-state index contributed by atoms with van der Waals surface area (Å²) in [4.78, 5) is 11.5. The van der Waals surface area contributed by atoms with Gasteiger partial charge in [-0.1, -0.05) is 17.3 Å². The van der Waals surface area contributed by atoms with Crippen molar-refractivity contribution in [3.63, 3.8) is 0 Å². The van der Waals surface area contributed by atoms with E-state index >= 15 is 0 Å². The van der Waals surface area contributed by atoms with Crippen LogP contribution in [0, 0.1) is 27.7 Å². The molecule has 34 heavy (non-hydrogen) atoms. The summed E-state index contributed by atoms with van der Waals surface area (Å²) in [6, 6.07) is 7.85. The van der Waals surface area contributed by atoms with Gasteiger partial charge in [-0.2, -0.15) is 0 Å². The van der Waals surface area contributed by atoms with Gasteiger partial charge in [0.2, 0.25) is 0 Å². The van der Waals surface area contributed by atoms with Crippen LogP contribution in [0.2, 0.25) is 0 Å². The third kappa shape index (κ3) is 6.63. The lowest BCUT2D eigenvalue weighted by Crippen LogP contribution is -2.34. The zero-order valence-electron chi connectivity index (χ0n) is 20.6. The van der Waals surface area contributed by atoms with E-state index in [1.54, 1.807) is 6.20 Å². The normalized spacial score (nSPS) is 10.9. The Balaban J connectivity index is 0.000000284. The number of nitrogens with one attached hydrogen (secondary N) is 1. The van der Waals surface area contributed by atoms with Crippen molar-refractivity contribution < 1.29 is 23.3 Å². The van der Waals surface area contributed by atoms with Gasteiger partial charge in [0, 0.05) is 5.39 Å². The first kappa shape index (κ1) is 27.0. The molecule has 0 atom stereocenters. The van der Waals surface area contributed by atoms with Crippen LogP contribution >= 0.6 is 12.4 Å². The van der Waals surface area contributed by atoms with Crippen molar-refractivity contribution in [1.29, 1.82) is 0 Å². The van der Waals surface area contributed by atoms with E-state index in [2.05, 4.69) is 29.5 Å². The molecule has 0 aliphatic carbocycles. The minimum Gasteiger partial charge on any atom is -0.473 e. The lowest BCUT2D eigenvalue weighted by molar-refractivity contribution is 0.0519. The number of alkyl carbamates (subject to hydrolysis) is 1. The quantitative estimate of drug-likeness (QED) is 0.340. The summed E-state index contributed by atoms with van der Waals surface area (Å²) >= 11 is 0. The van der Waals surface area contributed by atoms with Gasteiger partial charge in [-0.3, -0.25) is 0 Å². The molecule has 2 aromatic heterocycles. The van der Waals surface area contributed by atoms with Gasteiger partial charge in [-0.15, -0.1) is 12.4 Å². The third-order valence-corrected chi connectivity index (χ3v) is 5.23. The molecule has 1 amide bonds. The van der Waals surface area contributed by atoms with Crippen molar-refractivity contribution >= 4 is 40.4 Å². The molecule has 0 saturated heterocycles. The predicted octanol–water partition coefficient (Wildman–Crippen LogP) is 6.21. The van der Waals surface area contributed by atoms with Crippen molar-refractivity contribution in [2.24, 2.45) is 0 Å². The number of rotatable bonds is 4. The van der Waals surface area contributed by atoms with Crippen molar-refractivity contribution in [3.8, 4) is 5.88 Å². The number of ether oxygens (including phenoxy) is 2. The highest BCUT2D eigenvalue weighted by Crippen LogP contribution is 2.29. The molecule has 0 saturated carbocycles. The van der Waals surface area contributed by atoms with E-state index in [-0.39, 0.29) is 19.0 Å². The van der Waals surface area contributed by atoms with Crippen LogP contribution in [-0.4, -0.2) is 35.2 Å². The van der Waals surface area contributed by atoms with E-state index in [1.165, 1.54) is 11.1 Å². The van der Waals surface area contributed by atoms with Crippen molar-refractivity contribution in [1.82, 2.24) is 15.6 Å². The first-order valence-corrected chi connectivity index (χ1v) is 10.8. The Labute approximate surface area is 205 Å². The molecular formula is C25H32ClN3O5. The number of nitrogens with zero attached hydrogens (tertiary/aromatic N) is 2. The molecule has 9 heteroatoms. The number of aromatic nitrogens is 2. The molecule has 0 spiro atoms. The number of benzene rings is 2. The third-order valence-electron chi connectivity index (χ3n) is 5.23. The summed E-state index contributed by atoms with van der Waals surface area (Å²) in [5, 5.41) is 12.3. The van der Waals surface area contributed by atoms with Gasteiger partial charge in [-0.05, 0) is 88.0 Å². The number of aryl methyl sites for hydroxylation is 4. The summed E-state index contributed by atoms with van der Waals surface area (Å²) in [6.07, 6.45) is 1.30. The fourth-order valence-electron chi connectivity index (χ4n) is 3.17. The second kappa shape index (κ2) is 11.2. The van der Waals surface area contributed by atoms with Crippen LogP contribution in [0.3, 0.4) is 0 Å². The second-order valence-corrected chi connectivity index (χ2v) is 8.89. The summed E-state index contributed by atoms with van der Waals surface area (Å²) < 4.78 is 21.0. The average molecular weight is 490 g/mol. The van der Waals surface area contributed by atoms with E-state index in [0.717, 1.165) is 27.5 Å². The smallest absolute Gasteiger partial charge is 0.407 e. The molecule has 4 rings (SSSR count). The SMILES string of the molecule is Cc1ccc2onc(OCCNC(=O)OC(C)(C)C)c2c1C.Cc1ccc2oncc2c1C.Cl. The van der Waals surface area contributed by atoms with Gasteiger partial charge in [0.1, 0.15) is 12.2 Å². The maximum absolute atomic E-state index is 11.5. The van der Waals surface area contributed by atoms with Crippen LogP contribution in [0.25, 0.3) is 21.9 Å². The highest BCUT2D eigenvalue weighted by Gasteiger charge is 2.16. The van der Waals surface area contributed by atoms with Crippen LogP contribution in [0.4, 0.5) is 4.79 Å². The van der Waals surface area contributed by atoms with Gasteiger partial charge in [0.25, 0.3) is 5.88 Å². The monoisotopic (exact) mass is 489 g/mol. The largest absolute Gasteiger partial charge is 0.473 e. The zero-order valence-corrected chi connectivity index (χ0v) is 21.5. The number of carbonyl (C=O) groups is 1. The maximum Gasteiger partial charge on any atom is 0.407 e. The van der Waals surface area contributed by atoms with Gasteiger partial charge in [-0.25, -0.2) is 4.79 Å². The number of fused-ring (bicyclic) bond motifs is 2. The molecule has 2 heterocycles. The number of hydrogen-bond donors (Lipinski definition) is 1. The lowest BCUT2D eigenvalue weighted by atomic mass is 10.1. The van der Waals surface area contributed by atoms with E-state index in [4.69, 9.17) is 18.5 Å². The summed E-state index contributed by atoms with van der Waals surface area (Å²) in [7, 11) is 0. The lowest BCUT2D eigenvalue weighted by Gasteiger charge is -2.19. The number of carbonyl (C=O) groups excluding carboxylic acids is 1. The Morgan fingerprint density at radius 2 is 1.62 bits per heavy atom.